The van der Waals surface area contributed by atoms with E-state index in [9.17, 15) is 8.78 Å². The van der Waals surface area contributed by atoms with Crippen molar-refractivity contribution in [1.82, 2.24) is 9.97 Å². The summed E-state index contributed by atoms with van der Waals surface area (Å²) in [5.74, 6) is -1.53. The number of nitrogens with two attached hydrogens (primary N) is 1. The maximum Gasteiger partial charge on any atom is 0.204 e. The second kappa shape index (κ2) is 4.82. The molecule has 2 rings (SSSR count). The summed E-state index contributed by atoms with van der Waals surface area (Å²) in [6, 6.07) is 3.76. The van der Waals surface area contributed by atoms with Crippen molar-refractivity contribution in [2.24, 2.45) is 0 Å². The molecular weight excluding hydrogens is 242 g/mol. The molecule has 0 unspecified atom stereocenters. The lowest BCUT2D eigenvalue weighted by atomic mass is 10.3. The van der Waals surface area contributed by atoms with Gasteiger partial charge in [-0.3, -0.25) is 0 Å². The zero-order valence-electron chi connectivity index (χ0n) is 9.45. The summed E-state index contributed by atoms with van der Waals surface area (Å²) in [6.07, 6.45) is 1.19. The topological polar surface area (TPSA) is 73.1 Å². The highest BCUT2D eigenvalue weighted by Crippen LogP contribution is 2.30. The monoisotopic (exact) mass is 252 g/mol. The number of hydrogen-bond acceptors (Lipinski definition) is 5. The smallest absolute Gasteiger partial charge is 0.204 e. The highest BCUT2D eigenvalue weighted by Gasteiger charge is 2.13. The van der Waals surface area contributed by atoms with E-state index < -0.39 is 11.6 Å². The van der Waals surface area contributed by atoms with Gasteiger partial charge < -0.3 is 15.8 Å². The minimum atomic E-state index is -1.00. The Labute approximate surface area is 102 Å². The van der Waals surface area contributed by atoms with Gasteiger partial charge in [-0.05, 0) is 12.1 Å². The summed E-state index contributed by atoms with van der Waals surface area (Å²) >= 11 is 0. The molecule has 0 fully saturated rings. The molecule has 18 heavy (non-hydrogen) atoms. The maximum absolute atomic E-state index is 13.5. The standard InChI is InChI=1S/C11H10F2N4O/c1-18-9-10(14)15-5-16-11(9)17-7-4-2-3-6(12)8(7)13/h2-5H,1H3,(H3,14,15,16,17). The molecule has 7 heteroatoms. The second-order valence-corrected chi connectivity index (χ2v) is 3.37. The third-order valence-corrected chi connectivity index (χ3v) is 2.24. The summed E-state index contributed by atoms with van der Waals surface area (Å²) in [7, 11) is 1.38. The zero-order chi connectivity index (χ0) is 13.1. The minimum absolute atomic E-state index is 0.0635. The lowest BCUT2D eigenvalue weighted by molar-refractivity contribution is 0.415. The highest BCUT2D eigenvalue weighted by molar-refractivity contribution is 5.68. The number of rotatable bonds is 3. The third kappa shape index (κ3) is 2.15. The number of ether oxygens (including phenoxy) is 1. The van der Waals surface area contributed by atoms with Crippen LogP contribution in [0.5, 0.6) is 5.75 Å². The quantitative estimate of drug-likeness (QED) is 0.875. The van der Waals surface area contributed by atoms with Crippen LogP contribution in [-0.4, -0.2) is 17.1 Å². The van der Waals surface area contributed by atoms with E-state index in [1.807, 2.05) is 0 Å². The molecule has 0 amide bonds. The van der Waals surface area contributed by atoms with Crippen LogP contribution in [0.3, 0.4) is 0 Å². The molecule has 0 saturated heterocycles. The Bertz CT molecular complexity index is 577. The average molecular weight is 252 g/mol. The van der Waals surface area contributed by atoms with Crippen molar-refractivity contribution in [2.45, 2.75) is 0 Å². The summed E-state index contributed by atoms with van der Waals surface area (Å²) in [5, 5.41) is 2.60. The molecule has 2 aromatic rings. The van der Waals surface area contributed by atoms with Crippen LogP contribution in [-0.2, 0) is 0 Å². The Hall–Kier alpha value is -2.44. The third-order valence-electron chi connectivity index (χ3n) is 2.24. The van der Waals surface area contributed by atoms with E-state index in [0.717, 1.165) is 6.07 Å². The van der Waals surface area contributed by atoms with E-state index in [1.165, 1.54) is 25.6 Å². The van der Waals surface area contributed by atoms with Gasteiger partial charge in [0.1, 0.15) is 6.33 Å². The zero-order valence-corrected chi connectivity index (χ0v) is 9.45. The molecular formula is C11H10F2N4O. The molecule has 0 bridgehead atoms. The van der Waals surface area contributed by atoms with Crippen LogP contribution >= 0.6 is 0 Å². The van der Waals surface area contributed by atoms with E-state index in [-0.39, 0.29) is 23.1 Å². The number of hydrogen-bond donors (Lipinski definition) is 2. The lowest BCUT2D eigenvalue weighted by Crippen LogP contribution is -2.04. The van der Waals surface area contributed by atoms with E-state index in [4.69, 9.17) is 10.5 Å². The fourth-order valence-corrected chi connectivity index (χ4v) is 1.41. The predicted octanol–water partition coefficient (Wildman–Crippen LogP) is 2.09. The van der Waals surface area contributed by atoms with Crippen molar-refractivity contribution < 1.29 is 13.5 Å². The van der Waals surface area contributed by atoms with Crippen LogP contribution in [0.1, 0.15) is 0 Å². The first-order valence-corrected chi connectivity index (χ1v) is 4.99. The number of methoxy groups -OCH3 is 1. The Morgan fingerprint density at radius 1 is 1.28 bits per heavy atom. The molecule has 0 atom stereocenters. The summed E-state index contributed by atoms with van der Waals surface area (Å²) in [6.45, 7) is 0. The van der Waals surface area contributed by atoms with Crippen LogP contribution in [0.15, 0.2) is 24.5 Å². The van der Waals surface area contributed by atoms with Crippen LogP contribution in [0.2, 0.25) is 0 Å². The van der Waals surface area contributed by atoms with Crippen LogP contribution < -0.4 is 15.8 Å². The predicted molar refractivity (Wildman–Crippen MR) is 62.6 cm³/mol. The fourth-order valence-electron chi connectivity index (χ4n) is 1.41. The van der Waals surface area contributed by atoms with Gasteiger partial charge in [0.25, 0.3) is 0 Å². The number of anilines is 3. The number of aromatic nitrogens is 2. The van der Waals surface area contributed by atoms with Crippen molar-refractivity contribution in [3.63, 3.8) is 0 Å². The van der Waals surface area contributed by atoms with Crippen LogP contribution in [0.4, 0.5) is 26.1 Å². The number of nitrogen functional groups attached to an aromatic ring is 1. The number of benzene rings is 1. The molecule has 0 aliphatic heterocycles. The number of nitrogens with one attached hydrogen (secondary N) is 1. The van der Waals surface area contributed by atoms with E-state index >= 15 is 0 Å². The van der Waals surface area contributed by atoms with Gasteiger partial charge in [-0.15, -0.1) is 0 Å². The Kier molecular flexibility index (Phi) is 3.22. The van der Waals surface area contributed by atoms with Gasteiger partial charge in [0.2, 0.25) is 5.75 Å². The first-order chi connectivity index (χ1) is 8.63. The van der Waals surface area contributed by atoms with Crippen molar-refractivity contribution in [1.29, 1.82) is 0 Å². The first-order valence-electron chi connectivity index (χ1n) is 4.99. The van der Waals surface area contributed by atoms with Gasteiger partial charge in [0.15, 0.2) is 23.3 Å². The van der Waals surface area contributed by atoms with Gasteiger partial charge in [-0.2, -0.15) is 0 Å². The molecule has 5 nitrogen and oxygen atoms in total. The van der Waals surface area contributed by atoms with Gasteiger partial charge in [0, 0.05) is 0 Å². The molecule has 0 aliphatic rings. The Morgan fingerprint density at radius 3 is 2.78 bits per heavy atom. The molecule has 0 aliphatic carbocycles. The molecule has 1 heterocycles. The van der Waals surface area contributed by atoms with Crippen LogP contribution in [0, 0.1) is 11.6 Å². The van der Waals surface area contributed by atoms with Crippen molar-refractivity contribution in [2.75, 3.05) is 18.2 Å². The number of nitrogens with zero attached hydrogens (tertiary/aromatic N) is 2. The Balaban J connectivity index is 2.40. The summed E-state index contributed by atoms with van der Waals surface area (Å²) < 4.78 is 31.5. The first kappa shape index (κ1) is 12.0. The van der Waals surface area contributed by atoms with Gasteiger partial charge in [-0.25, -0.2) is 18.7 Å². The molecule has 94 valence electrons. The van der Waals surface area contributed by atoms with Gasteiger partial charge in [0.05, 0.1) is 12.8 Å². The van der Waals surface area contributed by atoms with Crippen molar-refractivity contribution in [3.8, 4) is 5.75 Å². The van der Waals surface area contributed by atoms with Crippen LogP contribution in [0.25, 0.3) is 0 Å². The molecule has 1 aromatic heterocycles. The summed E-state index contributed by atoms with van der Waals surface area (Å²) in [4.78, 5) is 7.59. The van der Waals surface area contributed by atoms with Crippen molar-refractivity contribution >= 4 is 17.3 Å². The molecule has 0 spiro atoms. The SMILES string of the molecule is COc1c(N)ncnc1Nc1cccc(F)c1F. The average Bonchev–Trinajstić information content (AvgIpc) is 2.35. The van der Waals surface area contributed by atoms with E-state index in [1.54, 1.807) is 0 Å². The highest BCUT2D eigenvalue weighted by atomic mass is 19.2. The molecule has 0 saturated carbocycles. The number of halogens is 2. The summed E-state index contributed by atoms with van der Waals surface area (Å²) in [5.41, 5.74) is 5.51. The van der Waals surface area contributed by atoms with E-state index in [0.29, 0.717) is 0 Å². The van der Waals surface area contributed by atoms with E-state index in [2.05, 4.69) is 15.3 Å². The van der Waals surface area contributed by atoms with Gasteiger partial charge >= 0.3 is 0 Å². The van der Waals surface area contributed by atoms with Gasteiger partial charge in [-0.1, -0.05) is 6.07 Å². The fraction of sp³-hybridized carbons (Fsp3) is 0.0909. The molecule has 3 N–H and O–H groups in total. The largest absolute Gasteiger partial charge is 0.490 e. The molecule has 1 aromatic carbocycles. The normalized spacial score (nSPS) is 10.2. The maximum atomic E-state index is 13.5. The van der Waals surface area contributed by atoms with Crippen molar-refractivity contribution in [3.05, 3.63) is 36.2 Å². The second-order valence-electron chi connectivity index (χ2n) is 3.37. The minimum Gasteiger partial charge on any atom is -0.490 e. The molecule has 0 radical (unpaired) electrons. The lowest BCUT2D eigenvalue weighted by Gasteiger charge is -2.11. The Morgan fingerprint density at radius 2 is 2.06 bits per heavy atom.